The van der Waals surface area contributed by atoms with Gasteiger partial charge in [0.2, 0.25) is 0 Å². The van der Waals surface area contributed by atoms with Gasteiger partial charge in [-0.25, -0.2) is 0 Å². The lowest BCUT2D eigenvalue weighted by Gasteiger charge is -2.46. The highest BCUT2D eigenvalue weighted by Gasteiger charge is 2.59. The summed E-state index contributed by atoms with van der Waals surface area (Å²) in [4.78, 5) is 11.5. The van der Waals surface area contributed by atoms with Gasteiger partial charge in [0.1, 0.15) is 0 Å². The first-order chi connectivity index (χ1) is 6.14. The van der Waals surface area contributed by atoms with Crippen molar-refractivity contribution >= 4 is 29.0 Å². The van der Waals surface area contributed by atoms with Crippen molar-refractivity contribution in [1.82, 2.24) is 0 Å². The first-order valence-electron chi connectivity index (χ1n) is 5.06. The number of halogens is 2. The van der Waals surface area contributed by atoms with Crippen molar-refractivity contribution in [3.8, 4) is 0 Å². The highest BCUT2D eigenvalue weighted by atomic mass is 35.5. The first kappa shape index (κ1) is 9.79. The Balaban J connectivity index is 2.07. The van der Waals surface area contributed by atoms with E-state index in [0.29, 0.717) is 0 Å². The molecule has 0 amide bonds. The van der Waals surface area contributed by atoms with Gasteiger partial charge in [0.25, 0.3) is 0 Å². The van der Waals surface area contributed by atoms with Crippen LogP contribution in [0.2, 0.25) is 0 Å². The molecule has 0 bridgehead atoms. The number of ketones is 1. The third kappa shape index (κ3) is 1.50. The fraction of sp³-hybridized carbons (Fsp3) is 0.900. The molecule has 0 N–H and O–H groups in total. The quantitative estimate of drug-likeness (QED) is 0.573. The van der Waals surface area contributed by atoms with Gasteiger partial charge in [0.15, 0.2) is 10.1 Å². The largest absolute Gasteiger partial charge is 0.296 e. The average molecular weight is 221 g/mol. The van der Waals surface area contributed by atoms with Crippen LogP contribution in [0.25, 0.3) is 0 Å². The normalized spacial score (nSPS) is 38.5. The van der Waals surface area contributed by atoms with E-state index in [9.17, 15) is 4.79 Å². The summed E-state index contributed by atoms with van der Waals surface area (Å²) in [6.07, 6.45) is 6.90. The Labute approximate surface area is 88.8 Å². The molecule has 0 saturated heterocycles. The molecule has 2 aliphatic rings. The minimum Gasteiger partial charge on any atom is -0.296 e. The number of rotatable bonds is 0. The second-order valence-corrected chi connectivity index (χ2v) is 5.58. The van der Waals surface area contributed by atoms with Crippen molar-refractivity contribution in [2.45, 2.75) is 42.9 Å². The molecule has 0 radical (unpaired) electrons. The van der Waals surface area contributed by atoms with Crippen LogP contribution in [0.4, 0.5) is 0 Å². The number of carbonyl (C=O) groups excluding carboxylic acids is 1. The fourth-order valence-electron chi connectivity index (χ4n) is 2.57. The molecule has 0 aliphatic heterocycles. The second kappa shape index (κ2) is 3.43. The van der Waals surface area contributed by atoms with Gasteiger partial charge in [-0.15, -0.1) is 0 Å². The number of Topliss-reactive ketones (excluding diaryl/α,β-unsaturated/α-hetero) is 1. The molecular formula is C10H14Cl2O. The SMILES string of the molecule is O=C1[C@@H]2CCCCCC[C@H]2C1(Cl)Cl. The standard InChI is InChI=1S/C10H14Cl2O/c11-10(12)8-6-4-2-1-3-5-7(8)9(10)13/h7-8H,1-6H2/t7-,8-/m1/s1. The van der Waals surface area contributed by atoms with E-state index in [0.717, 1.165) is 19.3 Å². The average Bonchev–Trinajstić information content (AvgIpc) is 2.03. The molecule has 13 heavy (non-hydrogen) atoms. The lowest BCUT2D eigenvalue weighted by atomic mass is 9.66. The summed E-state index contributed by atoms with van der Waals surface area (Å²) in [5, 5.41) is 0. The highest BCUT2D eigenvalue weighted by molar-refractivity contribution is 6.60. The number of hydrogen-bond acceptors (Lipinski definition) is 1. The lowest BCUT2D eigenvalue weighted by molar-refractivity contribution is -0.136. The highest BCUT2D eigenvalue weighted by Crippen LogP contribution is 2.53. The molecule has 2 aliphatic carbocycles. The molecular weight excluding hydrogens is 207 g/mol. The molecule has 0 aromatic heterocycles. The van der Waals surface area contributed by atoms with E-state index in [1.807, 2.05) is 0 Å². The van der Waals surface area contributed by atoms with Crippen LogP contribution in [0.15, 0.2) is 0 Å². The van der Waals surface area contributed by atoms with Crippen LogP contribution in [0.1, 0.15) is 38.5 Å². The van der Waals surface area contributed by atoms with E-state index in [1.165, 1.54) is 19.3 Å². The van der Waals surface area contributed by atoms with Gasteiger partial charge < -0.3 is 0 Å². The van der Waals surface area contributed by atoms with Crippen LogP contribution in [-0.2, 0) is 4.79 Å². The van der Waals surface area contributed by atoms with Crippen molar-refractivity contribution in [1.29, 1.82) is 0 Å². The third-order valence-corrected chi connectivity index (χ3v) is 4.33. The molecule has 0 spiro atoms. The molecule has 0 heterocycles. The van der Waals surface area contributed by atoms with E-state index < -0.39 is 4.33 Å². The second-order valence-electron chi connectivity index (χ2n) is 4.19. The Morgan fingerprint density at radius 2 is 1.69 bits per heavy atom. The van der Waals surface area contributed by atoms with E-state index in [4.69, 9.17) is 23.2 Å². The van der Waals surface area contributed by atoms with Crippen LogP contribution in [0, 0.1) is 11.8 Å². The topological polar surface area (TPSA) is 17.1 Å². The Kier molecular flexibility index (Phi) is 2.59. The first-order valence-corrected chi connectivity index (χ1v) is 5.82. The van der Waals surface area contributed by atoms with Crippen molar-refractivity contribution in [3.05, 3.63) is 0 Å². The summed E-state index contributed by atoms with van der Waals surface area (Å²) >= 11 is 11.9. The zero-order valence-corrected chi connectivity index (χ0v) is 9.07. The van der Waals surface area contributed by atoms with E-state index in [-0.39, 0.29) is 17.6 Å². The molecule has 2 fully saturated rings. The van der Waals surface area contributed by atoms with Crippen LogP contribution >= 0.6 is 23.2 Å². The summed E-state index contributed by atoms with van der Waals surface area (Å²) in [6.45, 7) is 0. The van der Waals surface area contributed by atoms with Crippen molar-refractivity contribution < 1.29 is 4.79 Å². The number of carbonyl (C=O) groups is 1. The van der Waals surface area contributed by atoms with Crippen LogP contribution in [0.3, 0.4) is 0 Å². The number of alkyl halides is 2. The van der Waals surface area contributed by atoms with E-state index in [2.05, 4.69) is 0 Å². The van der Waals surface area contributed by atoms with Gasteiger partial charge in [-0.05, 0) is 12.8 Å². The maximum Gasteiger partial charge on any atom is 0.179 e. The predicted octanol–water partition coefficient (Wildman–Crippen LogP) is 3.33. The van der Waals surface area contributed by atoms with Gasteiger partial charge in [0.05, 0.1) is 0 Å². The minimum atomic E-state index is -1.04. The molecule has 2 saturated carbocycles. The Bertz CT molecular complexity index is 225. The van der Waals surface area contributed by atoms with Gasteiger partial charge >= 0.3 is 0 Å². The molecule has 2 rings (SSSR count). The van der Waals surface area contributed by atoms with Gasteiger partial charge in [-0.2, -0.15) is 0 Å². The van der Waals surface area contributed by atoms with Gasteiger partial charge in [-0.1, -0.05) is 48.9 Å². The Hall–Kier alpha value is 0.250. The van der Waals surface area contributed by atoms with E-state index >= 15 is 0 Å². The monoisotopic (exact) mass is 220 g/mol. The third-order valence-electron chi connectivity index (χ3n) is 3.40. The van der Waals surface area contributed by atoms with Crippen molar-refractivity contribution in [2.75, 3.05) is 0 Å². The van der Waals surface area contributed by atoms with Crippen molar-refractivity contribution in [3.63, 3.8) is 0 Å². The molecule has 0 aromatic carbocycles. The Morgan fingerprint density at radius 1 is 1.08 bits per heavy atom. The number of fused-ring (bicyclic) bond motifs is 1. The summed E-state index contributed by atoms with van der Waals surface area (Å²) in [5.74, 6) is 0.488. The summed E-state index contributed by atoms with van der Waals surface area (Å²) in [7, 11) is 0. The predicted molar refractivity (Wildman–Crippen MR) is 54.1 cm³/mol. The number of hydrogen-bond donors (Lipinski definition) is 0. The maximum atomic E-state index is 11.5. The zero-order chi connectivity index (χ0) is 9.47. The van der Waals surface area contributed by atoms with Gasteiger partial charge in [0, 0.05) is 11.8 Å². The molecule has 3 heteroatoms. The summed E-state index contributed by atoms with van der Waals surface area (Å²) in [5.41, 5.74) is 0. The minimum absolute atomic E-state index is 0.0720. The van der Waals surface area contributed by atoms with E-state index in [1.54, 1.807) is 0 Å². The van der Waals surface area contributed by atoms with Crippen molar-refractivity contribution in [2.24, 2.45) is 11.8 Å². The molecule has 0 unspecified atom stereocenters. The Morgan fingerprint density at radius 3 is 2.38 bits per heavy atom. The molecule has 1 nitrogen and oxygen atoms in total. The lowest BCUT2D eigenvalue weighted by Crippen LogP contribution is -2.56. The molecule has 74 valence electrons. The van der Waals surface area contributed by atoms with Crippen LogP contribution in [-0.4, -0.2) is 10.1 Å². The van der Waals surface area contributed by atoms with Gasteiger partial charge in [-0.3, -0.25) is 4.79 Å². The maximum absolute atomic E-state index is 11.5. The smallest absolute Gasteiger partial charge is 0.179 e. The molecule has 2 atom stereocenters. The summed E-state index contributed by atoms with van der Waals surface area (Å²) in [6, 6.07) is 0. The van der Waals surface area contributed by atoms with Crippen LogP contribution < -0.4 is 0 Å². The molecule has 0 aromatic rings. The van der Waals surface area contributed by atoms with Crippen LogP contribution in [0.5, 0.6) is 0 Å². The zero-order valence-electron chi connectivity index (χ0n) is 7.56. The fourth-order valence-corrected chi connectivity index (χ4v) is 3.37. The summed E-state index contributed by atoms with van der Waals surface area (Å²) < 4.78 is -1.04.